The number of esters is 1. The molecule has 0 radical (unpaired) electrons. The minimum Gasteiger partial charge on any atom is -0.462 e. The molecule has 138 valence electrons. The second kappa shape index (κ2) is 9.49. The quantitative estimate of drug-likeness (QED) is 0.723. The lowest BCUT2D eigenvalue weighted by atomic mass is 10.2. The Morgan fingerprint density at radius 3 is 3.04 bits per heavy atom. The monoisotopic (exact) mass is 404 g/mol. The minimum absolute atomic E-state index is 0. The molecule has 2 N–H and O–H groups in total. The van der Waals surface area contributed by atoms with E-state index in [2.05, 4.69) is 10.6 Å². The van der Waals surface area contributed by atoms with Gasteiger partial charge in [-0.05, 0) is 18.4 Å². The first-order valence-electron chi connectivity index (χ1n) is 7.92. The first kappa shape index (κ1) is 20.1. The van der Waals surface area contributed by atoms with Crippen LogP contribution in [0.2, 0.25) is 0 Å². The molecule has 1 aliphatic heterocycles. The van der Waals surface area contributed by atoms with Gasteiger partial charge in [-0.3, -0.25) is 4.79 Å². The van der Waals surface area contributed by atoms with E-state index in [-0.39, 0.29) is 30.3 Å². The largest absolute Gasteiger partial charge is 0.462 e. The predicted octanol–water partition coefficient (Wildman–Crippen LogP) is 2.56. The van der Waals surface area contributed by atoms with Crippen molar-refractivity contribution < 1.29 is 19.1 Å². The molecule has 6 nitrogen and oxygen atoms in total. The Morgan fingerprint density at radius 2 is 2.32 bits per heavy atom. The van der Waals surface area contributed by atoms with Crippen molar-refractivity contribution in [1.82, 2.24) is 10.6 Å². The average Bonchev–Trinajstić information content (AvgIpc) is 3.15. The summed E-state index contributed by atoms with van der Waals surface area (Å²) in [7, 11) is 0. The van der Waals surface area contributed by atoms with E-state index in [0.717, 1.165) is 21.5 Å². The fourth-order valence-corrected chi connectivity index (χ4v) is 4.90. The zero-order valence-electron chi connectivity index (χ0n) is 13.8. The molecule has 2 aromatic heterocycles. The average molecular weight is 405 g/mol. The number of morpholine rings is 1. The third-order valence-electron chi connectivity index (χ3n) is 3.74. The van der Waals surface area contributed by atoms with Crippen LogP contribution in [0.1, 0.15) is 28.6 Å². The van der Waals surface area contributed by atoms with E-state index >= 15 is 0 Å². The van der Waals surface area contributed by atoms with Crippen LogP contribution in [-0.2, 0) is 20.8 Å². The molecule has 25 heavy (non-hydrogen) atoms. The molecule has 3 rings (SSSR count). The summed E-state index contributed by atoms with van der Waals surface area (Å²) < 4.78 is 12.6. The molecule has 0 aliphatic carbocycles. The van der Waals surface area contributed by atoms with E-state index in [9.17, 15) is 9.59 Å². The Morgan fingerprint density at radius 1 is 1.48 bits per heavy atom. The summed E-state index contributed by atoms with van der Waals surface area (Å²) in [6, 6.07) is 2.04. The van der Waals surface area contributed by atoms with Gasteiger partial charge in [-0.1, -0.05) is 0 Å². The number of ether oxygens (including phenoxy) is 2. The molecule has 1 saturated heterocycles. The number of hydrogen-bond acceptors (Lipinski definition) is 7. The molecular weight excluding hydrogens is 384 g/mol. The molecule has 0 spiro atoms. The van der Waals surface area contributed by atoms with E-state index in [1.54, 1.807) is 18.3 Å². The van der Waals surface area contributed by atoms with Gasteiger partial charge in [0.1, 0.15) is 4.88 Å². The van der Waals surface area contributed by atoms with E-state index < -0.39 is 0 Å². The highest BCUT2D eigenvalue weighted by molar-refractivity contribution is 7.28. The van der Waals surface area contributed by atoms with Crippen molar-refractivity contribution in [2.75, 3.05) is 26.4 Å². The van der Waals surface area contributed by atoms with Crippen molar-refractivity contribution in [3.05, 3.63) is 21.9 Å². The van der Waals surface area contributed by atoms with Gasteiger partial charge < -0.3 is 20.1 Å². The Balaban J connectivity index is 0.00000225. The smallest absolute Gasteiger partial charge is 0.348 e. The molecule has 1 amide bonds. The van der Waals surface area contributed by atoms with Gasteiger partial charge in [0.15, 0.2) is 0 Å². The SMILES string of the molecule is CCOC(=O)c1sc2ccsc2c1CNC(=O)CC1COCCN1.Cl. The summed E-state index contributed by atoms with van der Waals surface area (Å²) in [5.74, 6) is -0.374. The topological polar surface area (TPSA) is 76.7 Å². The van der Waals surface area contributed by atoms with Crippen LogP contribution in [0.3, 0.4) is 0 Å². The lowest BCUT2D eigenvalue weighted by Crippen LogP contribution is -2.44. The summed E-state index contributed by atoms with van der Waals surface area (Å²) in [4.78, 5) is 24.9. The molecule has 9 heteroatoms. The molecule has 3 heterocycles. The molecule has 1 fully saturated rings. The molecule has 0 aromatic carbocycles. The number of thiophene rings is 2. The second-order valence-electron chi connectivity index (χ2n) is 5.45. The first-order chi connectivity index (χ1) is 11.7. The molecular formula is C16H21ClN2O4S2. The predicted molar refractivity (Wildman–Crippen MR) is 102 cm³/mol. The van der Waals surface area contributed by atoms with Crippen molar-refractivity contribution in [3.8, 4) is 0 Å². The summed E-state index contributed by atoms with van der Waals surface area (Å²) in [5.41, 5.74) is 0.852. The molecule has 2 aromatic rings. The van der Waals surface area contributed by atoms with Crippen molar-refractivity contribution >= 4 is 56.4 Å². The fourth-order valence-electron chi connectivity index (χ4n) is 2.63. The first-order valence-corrected chi connectivity index (χ1v) is 9.62. The van der Waals surface area contributed by atoms with Crippen LogP contribution in [0.5, 0.6) is 0 Å². The minimum atomic E-state index is -0.322. The standard InChI is InChI=1S/C16H20N2O4S2.ClH/c1-2-22-16(20)15-11(14-12(24-15)3-6-23-14)8-18-13(19)7-10-9-21-5-4-17-10;/h3,6,10,17H,2,4-5,7-9H2,1H3,(H,18,19);1H. The zero-order chi connectivity index (χ0) is 16.9. The molecule has 0 saturated carbocycles. The Kier molecular flexibility index (Phi) is 7.64. The summed E-state index contributed by atoms with van der Waals surface area (Å²) in [6.07, 6.45) is 0.368. The molecule has 1 unspecified atom stereocenters. The number of hydrogen-bond donors (Lipinski definition) is 2. The molecule has 1 atom stereocenters. The summed E-state index contributed by atoms with van der Waals surface area (Å²) in [6.45, 7) is 4.46. The van der Waals surface area contributed by atoms with Crippen molar-refractivity contribution in [1.29, 1.82) is 0 Å². The van der Waals surface area contributed by atoms with E-state index in [1.807, 2.05) is 11.4 Å². The van der Waals surface area contributed by atoms with Crippen LogP contribution in [0.25, 0.3) is 9.40 Å². The Hall–Kier alpha value is -1.19. The van der Waals surface area contributed by atoms with Gasteiger partial charge in [-0.15, -0.1) is 35.1 Å². The summed E-state index contributed by atoms with van der Waals surface area (Å²) in [5, 5.41) is 8.17. The van der Waals surface area contributed by atoms with E-state index in [4.69, 9.17) is 9.47 Å². The summed E-state index contributed by atoms with van der Waals surface area (Å²) >= 11 is 2.99. The van der Waals surface area contributed by atoms with Crippen LogP contribution in [0.15, 0.2) is 11.4 Å². The zero-order valence-corrected chi connectivity index (χ0v) is 16.3. The maximum atomic E-state index is 12.2. The molecule has 0 bridgehead atoms. The van der Waals surface area contributed by atoms with Crippen LogP contribution in [0.4, 0.5) is 0 Å². The number of amides is 1. The highest BCUT2D eigenvalue weighted by Crippen LogP contribution is 2.35. The lowest BCUT2D eigenvalue weighted by Gasteiger charge is -2.23. The number of rotatable bonds is 6. The van der Waals surface area contributed by atoms with Gasteiger partial charge in [0.2, 0.25) is 5.91 Å². The van der Waals surface area contributed by atoms with Crippen LogP contribution < -0.4 is 10.6 Å². The number of carbonyl (C=O) groups excluding carboxylic acids is 2. The van der Waals surface area contributed by atoms with Crippen LogP contribution >= 0.6 is 35.1 Å². The second-order valence-corrected chi connectivity index (χ2v) is 7.42. The third-order valence-corrected chi connectivity index (χ3v) is 6.02. The van der Waals surface area contributed by atoms with Crippen LogP contribution in [0, 0.1) is 0 Å². The Labute approximate surface area is 160 Å². The van der Waals surface area contributed by atoms with Crippen molar-refractivity contribution in [2.45, 2.75) is 25.9 Å². The van der Waals surface area contributed by atoms with Crippen molar-refractivity contribution in [3.63, 3.8) is 0 Å². The highest BCUT2D eigenvalue weighted by atomic mass is 35.5. The van der Waals surface area contributed by atoms with Gasteiger partial charge in [0, 0.05) is 35.8 Å². The Bertz CT molecular complexity index is 725. The van der Waals surface area contributed by atoms with Gasteiger partial charge in [-0.25, -0.2) is 4.79 Å². The number of halogens is 1. The van der Waals surface area contributed by atoms with Gasteiger partial charge >= 0.3 is 5.97 Å². The number of carbonyl (C=O) groups is 2. The maximum Gasteiger partial charge on any atom is 0.348 e. The van der Waals surface area contributed by atoms with Gasteiger partial charge in [0.25, 0.3) is 0 Å². The van der Waals surface area contributed by atoms with Crippen molar-refractivity contribution in [2.24, 2.45) is 0 Å². The fraction of sp³-hybridized carbons (Fsp3) is 0.500. The van der Waals surface area contributed by atoms with Crippen LogP contribution in [-0.4, -0.2) is 44.3 Å². The number of fused-ring (bicyclic) bond motifs is 1. The highest BCUT2D eigenvalue weighted by Gasteiger charge is 2.22. The van der Waals surface area contributed by atoms with Gasteiger partial charge in [0.05, 0.1) is 24.5 Å². The van der Waals surface area contributed by atoms with E-state index in [1.165, 1.54) is 11.3 Å². The van der Waals surface area contributed by atoms with Gasteiger partial charge in [-0.2, -0.15) is 0 Å². The normalized spacial score (nSPS) is 17.1. The van der Waals surface area contributed by atoms with E-state index in [0.29, 0.717) is 37.7 Å². The number of nitrogens with one attached hydrogen (secondary N) is 2. The maximum absolute atomic E-state index is 12.2. The lowest BCUT2D eigenvalue weighted by molar-refractivity contribution is -0.122. The third kappa shape index (κ3) is 4.92. The molecule has 1 aliphatic rings.